The third kappa shape index (κ3) is 2.12. The number of nitrogens with two attached hydrogens (primary N) is 1. The summed E-state index contributed by atoms with van der Waals surface area (Å²) in [4.78, 5) is 2.60. The average Bonchev–Trinajstić information content (AvgIpc) is 2.40. The lowest BCUT2D eigenvalue weighted by atomic mass is 9.75. The van der Waals surface area contributed by atoms with Crippen molar-refractivity contribution in [3.63, 3.8) is 0 Å². The summed E-state index contributed by atoms with van der Waals surface area (Å²) in [6, 6.07) is 0. The van der Waals surface area contributed by atoms with Gasteiger partial charge in [-0.1, -0.05) is 13.8 Å². The fraction of sp³-hybridized carbons (Fsp3) is 1.00. The lowest BCUT2D eigenvalue weighted by Crippen LogP contribution is -2.48. The molecular formula is C12H24N2. The van der Waals surface area contributed by atoms with Crippen LogP contribution < -0.4 is 5.73 Å². The van der Waals surface area contributed by atoms with E-state index in [1.807, 2.05) is 0 Å². The minimum Gasteiger partial charge on any atom is -0.325 e. The van der Waals surface area contributed by atoms with Gasteiger partial charge in [0.1, 0.15) is 0 Å². The fourth-order valence-electron chi connectivity index (χ4n) is 2.69. The molecule has 0 radical (unpaired) electrons. The highest BCUT2D eigenvalue weighted by Crippen LogP contribution is 2.33. The second-order valence-corrected chi connectivity index (χ2v) is 5.68. The molecule has 1 saturated heterocycles. The van der Waals surface area contributed by atoms with Crippen molar-refractivity contribution in [2.24, 2.45) is 17.6 Å². The third-order valence-electron chi connectivity index (χ3n) is 4.34. The highest BCUT2D eigenvalue weighted by Gasteiger charge is 2.34. The van der Waals surface area contributed by atoms with E-state index < -0.39 is 0 Å². The maximum absolute atomic E-state index is 6.22. The van der Waals surface area contributed by atoms with E-state index in [1.54, 1.807) is 0 Å². The summed E-state index contributed by atoms with van der Waals surface area (Å²) >= 11 is 0. The number of rotatable bonds is 3. The predicted molar refractivity (Wildman–Crippen MR) is 60.2 cm³/mol. The van der Waals surface area contributed by atoms with Gasteiger partial charge in [0, 0.05) is 18.6 Å². The Bertz CT molecular complexity index is 188. The van der Waals surface area contributed by atoms with Gasteiger partial charge in [-0.3, -0.25) is 0 Å². The molecule has 2 fully saturated rings. The standard InChI is InChI=1S/C12H24N2/c1-10-8-14(9-11(10)2)7-6-12(13)4-3-5-12/h10-11H,3-9,13H2,1-2H3. The second-order valence-electron chi connectivity index (χ2n) is 5.68. The monoisotopic (exact) mass is 196 g/mol. The predicted octanol–water partition coefficient (Wildman–Crippen LogP) is 1.85. The van der Waals surface area contributed by atoms with Crippen LogP contribution in [0, 0.1) is 11.8 Å². The topological polar surface area (TPSA) is 29.3 Å². The summed E-state index contributed by atoms with van der Waals surface area (Å²) in [6.07, 6.45) is 5.08. The fourth-order valence-corrected chi connectivity index (χ4v) is 2.69. The van der Waals surface area contributed by atoms with Gasteiger partial charge in [0.15, 0.2) is 0 Å². The minimum absolute atomic E-state index is 0.217. The molecule has 1 saturated carbocycles. The normalized spacial score (nSPS) is 37.1. The van der Waals surface area contributed by atoms with E-state index in [2.05, 4.69) is 18.7 Å². The Balaban J connectivity index is 1.71. The van der Waals surface area contributed by atoms with Gasteiger partial charge in [-0.15, -0.1) is 0 Å². The van der Waals surface area contributed by atoms with E-state index >= 15 is 0 Å². The molecule has 2 unspecified atom stereocenters. The number of likely N-dealkylation sites (tertiary alicyclic amines) is 1. The molecule has 0 amide bonds. The Labute approximate surface area is 87.8 Å². The van der Waals surface area contributed by atoms with E-state index in [0.717, 1.165) is 11.8 Å². The SMILES string of the molecule is CC1CN(CCC2(N)CCC2)CC1C. The molecule has 1 aliphatic carbocycles. The van der Waals surface area contributed by atoms with Gasteiger partial charge < -0.3 is 10.6 Å². The average molecular weight is 196 g/mol. The smallest absolute Gasteiger partial charge is 0.0166 e. The largest absolute Gasteiger partial charge is 0.325 e. The molecule has 82 valence electrons. The molecule has 0 aromatic rings. The van der Waals surface area contributed by atoms with E-state index in [9.17, 15) is 0 Å². The van der Waals surface area contributed by atoms with Gasteiger partial charge in [0.05, 0.1) is 0 Å². The van der Waals surface area contributed by atoms with E-state index in [1.165, 1.54) is 45.3 Å². The first-order valence-electron chi connectivity index (χ1n) is 6.10. The molecule has 0 aromatic heterocycles. The summed E-state index contributed by atoms with van der Waals surface area (Å²) < 4.78 is 0. The quantitative estimate of drug-likeness (QED) is 0.746. The molecular weight excluding hydrogens is 172 g/mol. The van der Waals surface area contributed by atoms with Gasteiger partial charge in [0.25, 0.3) is 0 Å². The van der Waals surface area contributed by atoms with Gasteiger partial charge in [-0.25, -0.2) is 0 Å². The summed E-state index contributed by atoms with van der Waals surface area (Å²) in [5.74, 6) is 1.76. The Hall–Kier alpha value is -0.0800. The zero-order valence-corrected chi connectivity index (χ0v) is 9.63. The van der Waals surface area contributed by atoms with Crippen molar-refractivity contribution in [2.75, 3.05) is 19.6 Å². The van der Waals surface area contributed by atoms with Gasteiger partial charge in [-0.05, 0) is 44.1 Å². The Morgan fingerprint density at radius 1 is 1.21 bits per heavy atom. The van der Waals surface area contributed by atoms with Crippen molar-refractivity contribution >= 4 is 0 Å². The highest BCUT2D eigenvalue weighted by molar-refractivity contribution is 4.93. The molecule has 1 heterocycles. The molecule has 2 rings (SSSR count). The number of hydrogen-bond donors (Lipinski definition) is 1. The Morgan fingerprint density at radius 2 is 1.79 bits per heavy atom. The molecule has 0 spiro atoms. The second kappa shape index (κ2) is 3.82. The molecule has 2 nitrogen and oxygen atoms in total. The van der Waals surface area contributed by atoms with Crippen molar-refractivity contribution in [3.05, 3.63) is 0 Å². The van der Waals surface area contributed by atoms with Gasteiger partial charge >= 0.3 is 0 Å². The van der Waals surface area contributed by atoms with E-state index in [-0.39, 0.29) is 5.54 Å². The Kier molecular flexibility index (Phi) is 2.85. The maximum atomic E-state index is 6.22. The summed E-state index contributed by atoms with van der Waals surface area (Å²) in [6.45, 7) is 8.54. The molecule has 1 aliphatic heterocycles. The van der Waals surface area contributed by atoms with Crippen LogP contribution in [-0.2, 0) is 0 Å². The van der Waals surface area contributed by atoms with Crippen molar-refractivity contribution in [1.82, 2.24) is 4.90 Å². The van der Waals surface area contributed by atoms with Crippen LogP contribution in [0.25, 0.3) is 0 Å². The summed E-state index contributed by atoms with van der Waals surface area (Å²) in [7, 11) is 0. The molecule has 0 aromatic carbocycles. The van der Waals surface area contributed by atoms with Crippen LogP contribution in [-0.4, -0.2) is 30.1 Å². The molecule has 0 bridgehead atoms. The van der Waals surface area contributed by atoms with Crippen LogP contribution in [0.3, 0.4) is 0 Å². The van der Waals surface area contributed by atoms with Crippen molar-refractivity contribution < 1.29 is 0 Å². The van der Waals surface area contributed by atoms with Crippen LogP contribution in [0.4, 0.5) is 0 Å². The first-order chi connectivity index (χ1) is 6.59. The van der Waals surface area contributed by atoms with Crippen molar-refractivity contribution in [3.8, 4) is 0 Å². The highest BCUT2D eigenvalue weighted by atomic mass is 15.2. The van der Waals surface area contributed by atoms with Crippen molar-refractivity contribution in [1.29, 1.82) is 0 Å². The molecule has 2 aliphatic rings. The molecule has 2 N–H and O–H groups in total. The first-order valence-corrected chi connectivity index (χ1v) is 6.10. The van der Waals surface area contributed by atoms with Gasteiger partial charge in [-0.2, -0.15) is 0 Å². The summed E-state index contributed by atoms with van der Waals surface area (Å²) in [5.41, 5.74) is 6.44. The van der Waals surface area contributed by atoms with Crippen LogP contribution >= 0.6 is 0 Å². The van der Waals surface area contributed by atoms with Crippen LogP contribution in [0.5, 0.6) is 0 Å². The minimum atomic E-state index is 0.217. The number of nitrogens with zero attached hydrogens (tertiary/aromatic N) is 1. The van der Waals surface area contributed by atoms with Crippen molar-refractivity contribution in [2.45, 2.75) is 45.1 Å². The third-order valence-corrected chi connectivity index (χ3v) is 4.34. The van der Waals surface area contributed by atoms with E-state index in [0.29, 0.717) is 0 Å². The number of hydrogen-bond acceptors (Lipinski definition) is 2. The first kappa shape index (κ1) is 10.4. The van der Waals surface area contributed by atoms with Crippen LogP contribution in [0.1, 0.15) is 39.5 Å². The zero-order chi connectivity index (χ0) is 10.2. The van der Waals surface area contributed by atoms with Gasteiger partial charge in [0.2, 0.25) is 0 Å². The Morgan fingerprint density at radius 3 is 2.21 bits per heavy atom. The maximum Gasteiger partial charge on any atom is 0.0166 e. The zero-order valence-electron chi connectivity index (χ0n) is 9.63. The lowest BCUT2D eigenvalue weighted by molar-refractivity contribution is 0.193. The molecule has 2 heteroatoms. The van der Waals surface area contributed by atoms with Crippen LogP contribution in [0.15, 0.2) is 0 Å². The molecule has 2 atom stereocenters. The van der Waals surface area contributed by atoms with E-state index in [4.69, 9.17) is 5.73 Å². The molecule has 14 heavy (non-hydrogen) atoms. The summed E-state index contributed by atoms with van der Waals surface area (Å²) in [5, 5.41) is 0. The van der Waals surface area contributed by atoms with Crippen LogP contribution in [0.2, 0.25) is 0 Å². The lowest BCUT2D eigenvalue weighted by Gasteiger charge is -2.39.